The number of ether oxygens (including phenoxy) is 2. The number of morpholine rings is 1. The van der Waals surface area contributed by atoms with Gasteiger partial charge in [-0.05, 0) is 26.0 Å². The number of hydrogen-bond donors (Lipinski definition) is 0. The maximum atomic E-state index is 13.7. The third kappa shape index (κ3) is 3.09. The Bertz CT molecular complexity index is 525. The molecular weight excluding hydrogens is 259 g/mol. The van der Waals surface area contributed by atoms with Crippen LogP contribution < -0.4 is 4.90 Å². The molecule has 1 heterocycles. The van der Waals surface area contributed by atoms with Gasteiger partial charge in [0.2, 0.25) is 0 Å². The van der Waals surface area contributed by atoms with Gasteiger partial charge in [-0.25, -0.2) is 4.39 Å². The minimum Gasteiger partial charge on any atom is -0.382 e. The molecule has 0 unspecified atom stereocenters. The van der Waals surface area contributed by atoms with Crippen molar-refractivity contribution in [1.82, 2.24) is 0 Å². The lowest BCUT2D eigenvalue weighted by Gasteiger charge is -2.44. The van der Waals surface area contributed by atoms with Crippen molar-refractivity contribution >= 4 is 5.69 Å². The summed E-state index contributed by atoms with van der Waals surface area (Å²) in [6, 6.07) is 6.65. The molecule has 1 aliphatic heterocycles. The minimum absolute atomic E-state index is 0.0846. The number of benzene rings is 1. The molecule has 0 spiro atoms. The zero-order chi connectivity index (χ0) is 14.8. The van der Waals surface area contributed by atoms with Gasteiger partial charge < -0.3 is 14.4 Å². The van der Waals surface area contributed by atoms with Gasteiger partial charge in [0, 0.05) is 20.2 Å². The van der Waals surface area contributed by atoms with Crippen molar-refractivity contribution in [1.29, 1.82) is 5.26 Å². The van der Waals surface area contributed by atoms with Crippen molar-refractivity contribution in [3.63, 3.8) is 0 Å². The third-order valence-corrected chi connectivity index (χ3v) is 3.28. The topological polar surface area (TPSA) is 45.5 Å². The van der Waals surface area contributed by atoms with E-state index in [2.05, 4.69) is 0 Å². The van der Waals surface area contributed by atoms with Gasteiger partial charge in [0.05, 0.1) is 24.0 Å². The Morgan fingerprint density at radius 3 is 2.95 bits per heavy atom. The van der Waals surface area contributed by atoms with E-state index in [1.54, 1.807) is 19.2 Å². The second-order valence-electron chi connectivity index (χ2n) is 5.58. The highest BCUT2D eigenvalue weighted by molar-refractivity contribution is 5.60. The van der Waals surface area contributed by atoms with E-state index in [-0.39, 0.29) is 17.3 Å². The van der Waals surface area contributed by atoms with Crippen molar-refractivity contribution in [2.24, 2.45) is 0 Å². The molecule has 1 atom stereocenters. The van der Waals surface area contributed by atoms with E-state index in [0.717, 1.165) is 0 Å². The molecule has 0 radical (unpaired) electrons. The third-order valence-electron chi connectivity index (χ3n) is 3.28. The van der Waals surface area contributed by atoms with Crippen LogP contribution in [0.15, 0.2) is 18.2 Å². The van der Waals surface area contributed by atoms with E-state index >= 15 is 0 Å². The van der Waals surface area contributed by atoms with Crippen LogP contribution in [0.25, 0.3) is 0 Å². The van der Waals surface area contributed by atoms with Gasteiger partial charge >= 0.3 is 0 Å². The van der Waals surface area contributed by atoms with Crippen LogP contribution in [-0.2, 0) is 9.47 Å². The molecule has 0 aliphatic carbocycles. The number of hydrogen-bond acceptors (Lipinski definition) is 4. The van der Waals surface area contributed by atoms with Crippen LogP contribution in [0, 0.1) is 17.1 Å². The fraction of sp³-hybridized carbons (Fsp3) is 0.533. The van der Waals surface area contributed by atoms with Crippen LogP contribution in [0.5, 0.6) is 0 Å². The molecule has 1 aliphatic rings. The van der Waals surface area contributed by atoms with E-state index in [1.165, 1.54) is 6.07 Å². The van der Waals surface area contributed by atoms with Crippen LogP contribution in [-0.4, -0.2) is 38.5 Å². The fourth-order valence-corrected chi connectivity index (χ4v) is 2.64. The summed E-state index contributed by atoms with van der Waals surface area (Å²) < 4.78 is 24.8. The molecule has 1 fully saturated rings. The lowest BCUT2D eigenvalue weighted by atomic mass is 10.0. The van der Waals surface area contributed by atoms with Crippen LogP contribution in [0.4, 0.5) is 10.1 Å². The number of nitrogens with zero attached hydrogens (tertiary/aromatic N) is 2. The van der Waals surface area contributed by atoms with Gasteiger partial charge in [0.25, 0.3) is 0 Å². The van der Waals surface area contributed by atoms with Crippen molar-refractivity contribution in [3.8, 4) is 6.07 Å². The first-order chi connectivity index (χ1) is 9.46. The zero-order valence-corrected chi connectivity index (χ0v) is 12.0. The Labute approximate surface area is 118 Å². The molecule has 0 N–H and O–H groups in total. The molecule has 2 rings (SSSR count). The number of anilines is 1. The van der Waals surface area contributed by atoms with Gasteiger partial charge in [0.15, 0.2) is 0 Å². The normalized spacial score (nSPS) is 21.6. The molecular formula is C15H19FN2O2. The van der Waals surface area contributed by atoms with Crippen molar-refractivity contribution in [3.05, 3.63) is 29.6 Å². The van der Waals surface area contributed by atoms with E-state index in [0.29, 0.717) is 25.4 Å². The maximum absolute atomic E-state index is 13.7. The summed E-state index contributed by atoms with van der Waals surface area (Å²) in [5, 5.41) is 9.16. The maximum Gasteiger partial charge on any atom is 0.143 e. The predicted octanol–water partition coefficient (Wildman–Crippen LogP) is 2.33. The van der Waals surface area contributed by atoms with Gasteiger partial charge in [-0.15, -0.1) is 0 Å². The molecule has 4 nitrogen and oxygen atoms in total. The summed E-state index contributed by atoms with van der Waals surface area (Å²) >= 11 is 0. The Balaban J connectivity index is 2.32. The monoisotopic (exact) mass is 278 g/mol. The van der Waals surface area contributed by atoms with Crippen LogP contribution in [0.3, 0.4) is 0 Å². The molecule has 0 bridgehead atoms. The summed E-state index contributed by atoms with van der Waals surface area (Å²) in [5.74, 6) is -0.488. The number of halogens is 1. The summed E-state index contributed by atoms with van der Waals surface area (Å²) in [5.41, 5.74) is 0.326. The van der Waals surface area contributed by atoms with Crippen molar-refractivity contribution < 1.29 is 13.9 Å². The fourth-order valence-electron chi connectivity index (χ4n) is 2.64. The van der Waals surface area contributed by atoms with E-state index in [4.69, 9.17) is 14.7 Å². The summed E-state index contributed by atoms with van der Waals surface area (Å²) in [6.07, 6.45) is -0.0986. The van der Waals surface area contributed by atoms with Crippen LogP contribution in [0.2, 0.25) is 0 Å². The zero-order valence-electron chi connectivity index (χ0n) is 12.0. The molecule has 0 amide bonds. The molecule has 20 heavy (non-hydrogen) atoms. The number of methoxy groups -OCH3 is 1. The van der Waals surface area contributed by atoms with Crippen LogP contribution >= 0.6 is 0 Å². The molecule has 5 heteroatoms. The Hall–Kier alpha value is -1.64. The highest BCUT2D eigenvalue weighted by Crippen LogP contribution is 2.29. The van der Waals surface area contributed by atoms with Gasteiger partial charge in [-0.3, -0.25) is 0 Å². The molecule has 108 valence electrons. The van der Waals surface area contributed by atoms with Crippen LogP contribution in [0.1, 0.15) is 19.4 Å². The van der Waals surface area contributed by atoms with Crippen molar-refractivity contribution in [2.75, 3.05) is 31.7 Å². The minimum atomic E-state index is -0.488. The van der Waals surface area contributed by atoms with Gasteiger partial charge in [0.1, 0.15) is 17.4 Å². The Kier molecular flexibility index (Phi) is 4.26. The first kappa shape index (κ1) is 14.8. The molecule has 0 aromatic heterocycles. The molecule has 1 saturated heterocycles. The lowest BCUT2D eigenvalue weighted by Crippen LogP contribution is -2.54. The summed E-state index contributed by atoms with van der Waals surface area (Å²) in [7, 11) is 1.62. The highest BCUT2D eigenvalue weighted by Gasteiger charge is 2.34. The Morgan fingerprint density at radius 2 is 2.30 bits per heavy atom. The number of nitriles is 1. The summed E-state index contributed by atoms with van der Waals surface area (Å²) in [4.78, 5) is 1.99. The first-order valence-corrected chi connectivity index (χ1v) is 6.57. The molecule has 1 aromatic rings. The van der Waals surface area contributed by atoms with Gasteiger partial charge in [-0.2, -0.15) is 5.26 Å². The standard InChI is InChI=1S/C15H19FN2O2/c1-15(2)10-18(8-11(20-15)9-19-3)14-6-4-5-13(16)12(14)7-17/h4-6,11H,8-10H2,1-3H3/t11-/m0/s1. The first-order valence-electron chi connectivity index (χ1n) is 6.57. The van der Waals surface area contributed by atoms with E-state index < -0.39 is 5.82 Å². The smallest absolute Gasteiger partial charge is 0.143 e. The van der Waals surface area contributed by atoms with E-state index in [1.807, 2.05) is 24.8 Å². The van der Waals surface area contributed by atoms with Gasteiger partial charge in [-0.1, -0.05) is 6.07 Å². The SMILES string of the molecule is COC[C@@H]1CN(c2cccc(F)c2C#N)CC(C)(C)O1. The predicted molar refractivity (Wildman–Crippen MR) is 74.2 cm³/mol. The largest absolute Gasteiger partial charge is 0.382 e. The molecule has 1 aromatic carbocycles. The molecule has 0 saturated carbocycles. The number of rotatable bonds is 3. The quantitative estimate of drug-likeness (QED) is 0.851. The second kappa shape index (κ2) is 5.78. The summed E-state index contributed by atoms with van der Waals surface area (Å²) in [6.45, 7) is 5.61. The Morgan fingerprint density at radius 1 is 1.55 bits per heavy atom. The average molecular weight is 278 g/mol. The second-order valence-corrected chi connectivity index (χ2v) is 5.58. The van der Waals surface area contributed by atoms with E-state index in [9.17, 15) is 4.39 Å². The lowest BCUT2D eigenvalue weighted by molar-refractivity contribution is -0.106. The average Bonchev–Trinajstić information content (AvgIpc) is 2.37. The van der Waals surface area contributed by atoms with Crippen molar-refractivity contribution in [2.45, 2.75) is 25.6 Å². The highest BCUT2D eigenvalue weighted by atomic mass is 19.1.